The zero-order valence-corrected chi connectivity index (χ0v) is 14.2. The number of aliphatic hydroxyl groups is 1. The fourth-order valence-electron chi connectivity index (χ4n) is 2.05. The molecule has 0 aliphatic rings. The minimum Gasteiger partial charge on any atom is -0.394 e. The normalized spacial score (nSPS) is 11.9. The Morgan fingerprint density at radius 1 is 1.33 bits per heavy atom. The van der Waals surface area contributed by atoms with Gasteiger partial charge in [0.15, 0.2) is 0 Å². The van der Waals surface area contributed by atoms with Crippen LogP contribution < -0.4 is 5.32 Å². The van der Waals surface area contributed by atoms with Crippen LogP contribution in [0.3, 0.4) is 0 Å². The fraction of sp³-hybridized carbons (Fsp3) is 0.600. The topological polar surface area (TPSA) is 63.0 Å². The molecule has 116 valence electrons. The summed E-state index contributed by atoms with van der Waals surface area (Å²) < 4.78 is 1.82. The van der Waals surface area contributed by atoms with Gasteiger partial charge in [-0.3, -0.25) is 0 Å². The molecular weight excluding hydrogens is 284 g/mol. The van der Waals surface area contributed by atoms with Gasteiger partial charge in [0.25, 0.3) is 0 Å². The van der Waals surface area contributed by atoms with Crippen LogP contribution in [0.5, 0.6) is 0 Å². The van der Waals surface area contributed by atoms with Gasteiger partial charge in [-0.15, -0.1) is 11.3 Å². The summed E-state index contributed by atoms with van der Waals surface area (Å²) in [5.74, 6) is 0.967. The van der Waals surface area contributed by atoms with Crippen LogP contribution in [-0.2, 0) is 18.5 Å². The molecule has 2 heterocycles. The van der Waals surface area contributed by atoms with E-state index in [1.54, 1.807) is 11.3 Å². The molecule has 0 fully saturated rings. The SMILES string of the molecule is Cc1nn(CCO)c(NCc2ncc(C(C)(C)C)s2)c1C. The maximum absolute atomic E-state index is 9.12. The van der Waals surface area contributed by atoms with Crippen molar-refractivity contribution in [3.63, 3.8) is 0 Å². The molecule has 0 saturated heterocycles. The minimum absolute atomic E-state index is 0.0840. The van der Waals surface area contributed by atoms with E-state index in [1.807, 2.05) is 24.7 Å². The summed E-state index contributed by atoms with van der Waals surface area (Å²) in [6.07, 6.45) is 1.96. The van der Waals surface area contributed by atoms with E-state index in [0.717, 1.165) is 22.1 Å². The lowest BCUT2D eigenvalue weighted by atomic mass is 9.96. The van der Waals surface area contributed by atoms with Crippen molar-refractivity contribution in [2.75, 3.05) is 11.9 Å². The third-order valence-corrected chi connectivity index (χ3v) is 4.86. The molecule has 0 unspecified atom stereocenters. The number of nitrogens with one attached hydrogen (secondary N) is 1. The first kappa shape index (κ1) is 16.0. The van der Waals surface area contributed by atoms with Crippen LogP contribution in [0.1, 0.15) is 41.9 Å². The summed E-state index contributed by atoms with van der Waals surface area (Å²) in [6, 6.07) is 0. The van der Waals surface area contributed by atoms with Crippen LogP contribution >= 0.6 is 11.3 Å². The first-order chi connectivity index (χ1) is 9.82. The first-order valence-corrected chi connectivity index (χ1v) is 7.98. The van der Waals surface area contributed by atoms with E-state index < -0.39 is 0 Å². The van der Waals surface area contributed by atoms with Gasteiger partial charge in [-0.05, 0) is 19.3 Å². The largest absolute Gasteiger partial charge is 0.394 e. The van der Waals surface area contributed by atoms with Crippen molar-refractivity contribution >= 4 is 17.2 Å². The second-order valence-electron chi connectivity index (χ2n) is 6.23. The molecule has 0 radical (unpaired) electrons. The van der Waals surface area contributed by atoms with Crippen molar-refractivity contribution in [2.24, 2.45) is 0 Å². The van der Waals surface area contributed by atoms with Gasteiger partial charge >= 0.3 is 0 Å². The van der Waals surface area contributed by atoms with Crippen molar-refractivity contribution in [1.82, 2.24) is 14.8 Å². The number of thiazole rings is 1. The van der Waals surface area contributed by atoms with Gasteiger partial charge in [-0.25, -0.2) is 9.67 Å². The van der Waals surface area contributed by atoms with Crippen LogP contribution in [0.4, 0.5) is 5.82 Å². The summed E-state index contributed by atoms with van der Waals surface area (Å²) >= 11 is 1.74. The molecule has 0 atom stereocenters. The van der Waals surface area contributed by atoms with Crippen LogP contribution in [-0.4, -0.2) is 26.5 Å². The lowest BCUT2D eigenvalue weighted by molar-refractivity contribution is 0.270. The van der Waals surface area contributed by atoms with E-state index in [4.69, 9.17) is 5.11 Å². The van der Waals surface area contributed by atoms with Crippen molar-refractivity contribution in [3.05, 3.63) is 27.3 Å². The molecule has 0 aromatic carbocycles. The Labute approximate surface area is 130 Å². The highest BCUT2D eigenvalue weighted by atomic mass is 32.1. The van der Waals surface area contributed by atoms with E-state index >= 15 is 0 Å². The Balaban J connectivity index is 2.11. The number of aromatic nitrogens is 3. The molecule has 21 heavy (non-hydrogen) atoms. The number of nitrogens with zero attached hydrogens (tertiary/aromatic N) is 3. The predicted molar refractivity (Wildman–Crippen MR) is 86.9 cm³/mol. The van der Waals surface area contributed by atoms with Gasteiger partial charge in [0.05, 0.1) is 25.4 Å². The predicted octanol–water partition coefficient (Wildman–Crippen LogP) is 2.86. The van der Waals surface area contributed by atoms with Gasteiger partial charge in [-0.1, -0.05) is 20.8 Å². The Kier molecular flexibility index (Phi) is 4.68. The third-order valence-electron chi connectivity index (χ3n) is 3.44. The van der Waals surface area contributed by atoms with Crippen LogP contribution in [0.25, 0.3) is 0 Å². The van der Waals surface area contributed by atoms with Crippen LogP contribution in [0, 0.1) is 13.8 Å². The summed E-state index contributed by atoms with van der Waals surface area (Å²) in [6.45, 7) is 11.9. The highest BCUT2D eigenvalue weighted by Gasteiger charge is 2.17. The maximum atomic E-state index is 9.12. The quantitative estimate of drug-likeness (QED) is 0.891. The number of aliphatic hydroxyl groups excluding tert-OH is 1. The standard InChI is InChI=1S/C15H24N4OS/c1-10-11(2)18-19(6-7-20)14(10)17-9-13-16-8-12(21-13)15(3,4)5/h8,17,20H,6-7,9H2,1-5H3. The molecule has 6 heteroatoms. The fourth-order valence-corrected chi connectivity index (χ4v) is 2.96. The number of hydrogen-bond donors (Lipinski definition) is 2. The average molecular weight is 308 g/mol. The monoisotopic (exact) mass is 308 g/mol. The summed E-state index contributed by atoms with van der Waals surface area (Å²) in [5, 5.41) is 18.0. The van der Waals surface area contributed by atoms with Gasteiger partial charge < -0.3 is 10.4 Å². The van der Waals surface area contributed by atoms with E-state index in [-0.39, 0.29) is 12.0 Å². The molecule has 0 aliphatic heterocycles. The molecule has 5 nitrogen and oxygen atoms in total. The molecule has 0 bridgehead atoms. The Morgan fingerprint density at radius 3 is 2.62 bits per heavy atom. The average Bonchev–Trinajstić information content (AvgIpc) is 2.95. The minimum atomic E-state index is 0.0840. The molecule has 2 aromatic heterocycles. The lowest BCUT2D eigenvalue weighted by Gasteiger charge is -2.14. The van der Waals surface area contributed by atoms with Crippen molar-refractivity contribution < 1.29 is 5.11 Å². The van der Waals surface area contributed by atoms with E-state index in [1.165, 1.54) is 4.88 Å². The van der Waals surface area contributed by atoms with Crippen molar-refractivity contribution in [3.8, 4) is 0 Å². The van der Waals surface area contributed by atoms with E-state index in [2.05, 4.69) is 36.2 Å². The van der Waals surface area contributed by atoms with E-state index in [0.29, 0.717) is 13.1 Å². The van der Waals surface area contributed by atoms with Crippen molar-refractivity contribution in [2.45, 2.75) is 53.1 Å². The van der Waals surface area contributed by atoms with Crippen LogP contribution in [0.2, 0.25) is 0 Å². The zero-order valence-electron chi connectivity index (χ0n) is 13.4. The summed E-state index contributed by atoms with van der Waals surface area (Å²) in [5.41, 5.74) is 2.25. The van der Waals surface area contributed by atoms with E-state index in [9.17, 15) is 0 Å². The maximum Gasteiger partial charge on any atom is 0.127 e. The molecule has 0 saturated carbocycles. The molecule has 2 rings (SSSR count). The number of anilines is 1. The second-order valence-corrected chi connectivity index (χ2v) is 7.34. The Hall–Kier alpha value is -1.40. The highest BCUT2D eigenvalue weighted by molar-refractivity contribution is 7.11. The van der Waals surface area contributed by atoms with Gasteiger partial charge in [0.1, 0.15) is 10.8 Å². The van der Waals surface area contributed by atoms with Gasteiger partial charge in [0.2, 0.25) is 0 Å². The number of rotatable bonds is 5. The third kappa shape index (κ3) is 3.63. The van der Waals surface area contributed by atoms with Crippen molar-refractivity contribution in [1.29, 1.82) is 0 Å². The lowest BCUT2D eigenvalue weighted by Crippen LogP contribution is -2.10. The summed E-state index contributed by atoms with van der Waals surface area (Å²) in [7, 11) is 0. The summed E-state index contributed by atoms with van der Waals surface area (Å²) in [4.78, 5) is 5.77. The smallest absolute Gasteiger partial charge is 0.127 e. The first-order valence-electron chi connectivity index (χ1n) is 7.17. The molecule has 0 amide bonds. The number of aryl methyl sites for hydroxylation is 1. The molecule has 2 N–H and O–H groups in total. The molecule has 0 spiro atoms. The molecular formula is C15H24N4OS. The number of hydrogen-bond acceptors (Lipinski definition) is 5. The zero-order chi connectivity index (χ0) is 15.6. The Bertz CT molecular complexity index is 610. The molecule has 0 aliphatic carbocycles. The molecule has 2 aromatic rings. The second kappa shape index (κ2) is 6.15. The Morgan fingerprint density at radius 2 is 2.05 bits per heavy atom. The highest BCUT2D eigenvalue weighted by Crippen LogP contribution is 2.28. The van der Waals surface area contributed by atoms with Gasteiger partial charge in [-0.2, -0.15) is 5.10 Å². The van der Waals surface area contributed by atoms with Crippen LogP contribution in [0.15, 0.2) is 6.20 Å². The van der Waals surface area contributed by atoms with Gasteiger partial charge in [0, 0.05) is 16.6 Å².